The molecule has 5 heteroatoms. The molecule has 1 aliphatic carbocycles. The molecule has 0 saturated heterocycles. The first-order valence-corrected chi connectivity index (χ1v) is 8.97. The van der Waals surface area contributed by atoms with Crippen molar-refractivity contribution >= 4 is 17.5 Å². The van der Waals surface area contributed by atoms with Gasteiger partial charge in [-0.15, -0.1) is 0 Å². The summed E-state index contributed by atoms with van der Waals surface area (Å²) in [5.74, 6) is -0.313. The highest BCUT2D eigenvalue weighted by Gasteiger charge is 2.28. The Morgan fingerprint density at radius 3 is 2.42 bits per heavy atom. The molecule has 1 aliphatic rings. The zero-order chi connectivity index (χ0) is 18.5. The molecule has 0 aromatic heterocycles. The molecular weight excluding hydrogens is 331 g/mol. The molecule has 0 unspecified atom stereocenters. The standard InChI is InChI=1S/C21H23FN2O2/c1-14(25)23-19-8-4-7-17(13-19)21(26)24-20(15-5-2-3-6-15)16-9-11-18(22)12-10-16/h4,7-13,15,20H,2-3,5-6H2,1H3,(H,23,25)(H,24,26)/t20-/m0/s1. The number of anilines is 1. The molecule has 0 aliphatic heterocycles. The quantitative estimate of drug-likeness (QED) is 0.834. The van der Waals surface area contributed by atoms with E-state index < -0.39 is 0 Å². The maximum atomic E-state index is 13.3. The summed E-state index contributed by atoms with van der Waals surface area (Å²) in [6, 6.07) is 13.1. The summed E-state index contributed by atoms with van der Waals surface area (Å²) in [4.78, 5) is 24.0. The molecule has 0 bridgehead atoms. The summed E-state index contributed by atoms with van der Waals surface area (Å²) in [6.45, 7) is 1.43. The van der Waals surface area contributed by atoms with Crippen LogP contribution in [-0.4, -0.2) is 11.8 Å². The van der Waals surface area contributed by atoms with E-state index in [4.69, 9.17) is 0 Å². The fraction of sp³-hybridized carbons (Fsp3) is 0.333. The van der Waals surface area contributed by atoms with Crippen LogP contribution in [0.3, 0.4) is 0 Å². The van der Waals surface area contributed by atoms with Gasteiger partial charge >= 0.3 is 0 Å². The van der Waals surface area contributed by atoms with E-state index in [9.17, 15) is 14.0 Å². The third-order valence-electron chi connectivity index (χ3n) is 4.83. The molecule has 0 radical (unpaired) electrons. The number of carbonyl (C=O) groups excluding carboxylic acids is 2. The van der Waals surface area contributed by atoms with Gasteiger partial charge in [-0.1, -0.05) is 31.0 Å². The summed E-state index contributed by atoms with van der Waals surface area (Å²) < 4.78 is 13.3. The smallest absolute Gasteiger partial charge is 0.251 e. The predicted molar refractivity (Wildman–Crippen MR) is 99.3 cm³/mol. The molecule has 0 heterocycles. The van der Waals surface area contributed by atoms with Gasteiger partial charge in [0.25, 0.3) is 5.91 Å². The van der Waals surface area contributed by atoms with Gasteiger partial charge in [-0.2, -0.15) is 0 Å². The lowest BCUT2D eigenvalue weighted by molar-refractivity contribution is -0.114. The first-order valence-electron chi connectivity index (χ1n) is 8.97. The van der Waals surface area contributed by atoms with Crippen molar-refractivity contribution in [2.45, 2.75) is 38.6 Å². The molecule has 3 rings (SSSR count). The van der Waals surface area contributed by atoms with Crippen LogP contribution in [0.2, 0.25) is 0 Å². The van der Waals surface area contributed by atoms with Crippen molar-refractivity contribution in [2.75, 3.05) is 5.32 Å². The molecule has 1 atom stereocenters. The third-order valence-corrected chi connectivity index (χ3v) is 4.83. The largest absolute Gasteiger partial charge is 0.345 e. The third kappa shape index (κ3) is 4.48. The van der Waals surface area contributed by atoms with E-state index in [1.54, 1.807) is 36.4 Å². The highest BCUT2D eigenvalue weighted by Crippen LogP contribution is 2.36. The average Bonchev–Trinajstić information content (AvgIpc) is 3.14. The lowest BCUT2D eigenvalue weighted by atomic mass is 9.91. The highest BCUT2D eigenvalue weighted by molar-refractivity contribution is 5.97. The van der Waals surface area contributed by atoms with Crippen molar-refractivity contribution in [3.05, 3.63) is 65.5 Å². The SMILES string of the molecule is CC(=O)Nc1cccc(C(=O)N[C@H](c2ccc(F)cc2)C2CCCC2)c1. The molecule has 4 nitrogen and oxygen atoms in total. The first-order chi connectivity index (χ1) is 12.5. The Kier molecular flexibility index (Phi) is 5.66. The predicted octanol–water partition coefficient (Wildman–Crippen LogP) is 4.45. The molecule has 2 amide bonds. The Balaban J connectivity index is 1.81. The number of rotatable bonds is 5. The molecule has 2 aromatic rings. The number of halogens is 1. The van der Waals surface area contributed by atoms with Gasteiger partial charge in [-0.25, -0.2) is 4.39 Å². The van der Waals surface area contributed by atoms with Crippen LogP contribution in [0, 0.1) is 11.7 Å². The molecule has 2 N–H and O–H groups in total. The minimum atomic E-state index is -0.284. The topological polar surface area (TPSA) is 58.2 Å². The van der Waals surface area contributed by atoms with Crippen molar-refractivity contribution < 1.29 is 14.0 Å². The van der Waals surface area contributed by atoms with Crippen molar-refractivity contribution in [1.82, 2.24) is 5.32 Å². The summed E-state index contributed by atoms with van der Waals surface area (Å²) in [5.41, 5.74) is 2.00. The number of hydrogen-bond donors (Lipinski definition) is 2. The molecule has 0 spiro atoms. The molecule has 2 aromatic carbocycles. The Morgan fingerprint density at radius 1 is 1.08 bits per heavy atom. The lowest BCUT2D eigenvalue weighted by Crippen LogP contribution is -2.32. The minimum Gasteiger partial charge on any atom is -0.345 e. The average molecular weight is 354 g/mol. The fourth-order valence-corrected chi connectivity index (χ4v) is 3.60. The van der Waals surface area contributed by atoms with E-state index in [-0.39, 0.29) is 23.7 Å². The van der Waals surface area contributed by atoms with Crippen LogP contribution in [-0.2, 0) is 4.79 Å². The van der Waals surface area contributed by atoms with Gasteiger partial charge in [0.15, 0.2) is 0 Å². The number of benzene rings is 2. The minimum absolute atomic E-state index is 0.143. The Hall–Kier alpha value is -2.69. The Labute approximate surface area is 152 Å². The molecule has 26 heavy (non-hydrogen) atoms. The maximum Gasteiger partial charge on any atom is 0.251 e. The van der Waals surface area contributed by atoms with Gasteiger partial charge in [-0.3, -0.25) is 9.59 Å². The monoisotopic (exact) mass is 354 g/mol. The summed E-state index contributed by atoms with van der Waals surface area (Å²) in [5, 5.41) is 5.80. The summed E-state index contributed by atoms with van der Waals surface area (Å²) in [7, 11) is 0. The second-order valence-electron chi connectivity index (χ2n) is 6.81. The normalized spacial score (nSPS) is 15.5. The van der Waals surface area contributed by atoms with E-state index in [2.05, 4.69) is 10.6 Å². The van der Waals surface area contributed by atoms with Gasteiger partial charge in [0.05, 0.1) is 6.04 Å². The maximum absolute atomic E-state index is 13.3. The van der Waals surface area contributed by atoms with Crippen molar-refractivity contribution in [3.8, 4) is 0 Å². The van der Waals surface area contributed by atoms with E-state index >= 15 is 0 Å². The second kappa shape index (κ2) is 8.13. The van der Waals surface area contributed by atoms with E-state index in [0.717, 1.165) is 31.2 Å². The van der Waals surface area contributed by atoms with E-state index in [1.807, 2.05) is 0 Å². The first kappa shape index (κ1) is 18.1. The van der Waals surface area contributed by atoms with Crippen LogP contribution in [0.25, 0.3) is 0 Å². The van der Waals surface area contributed by atoms with Gasteiger partial charge in [0, 0.05) is 18.2 Å². The Morgan fingerprint density at radius 2 is 1.77 bits per heavy atom. The van der Waals surface area contributed by atoms with Crippen molar-refractivity contribution in [2.24, 2.45) is 5.92 Å². The Bertz CT molecular complexity index is 783. The number of hydrogen-bond acceptors (Lipinski definition) is 2. The van der Waals surface area contributed by atoms with E-state index in [0.29, 0.717) is 17.2 Å². The molecule has 1 fully saturated rings. The zero-order valence-electron chi connectivity index (χ0n) is 14.8. The zero-order valence-corrected chi connectivity index (χ0v) is 14.8. The van der Waals surface area contributed by atoms with Crippen LogP contribution in [0.1, 0.15) is 54.6 Å². The van der Waals surface area contributed by atoms with Crippen molar-refractivity contribution in [3.63, 3.8) is 0 Å². The highest BCUT2D eigenvalue weighted by atomic mass is 19.1. The van der Waals surface area contributed by atoms with Crippen LogP contribution >= 0.6 is 0 Å². The van der Waals surface area contributed by atoms with E-state index in [1.165, 1.54) is 19.1 Å². The number of carbonyl (C=O) groups is 2. The molecule has 1 saturated carbocycles. The summed E-state index contributed by atoms with van der Waals surface area (Å²) >= 11 is 0. The lowest BCUT2D eigenvalue weighted by Gasteiger charge is -2.25. The van der Waals surface area contributed by atoms with Gasteiger partial charge < -0.3 is 10.6 Å². The molecular formula is C21H23FN2O2. The van der Waals surface area contributed by atoms with Gasteiger partial charge in [0.1, 0.15) is 5.82 Å². The number of amides is 2. The van der Waals surface area contributed by atoms with Crippen molar-refractivity contribution in [1.29, 1.82) is 0 Å². The van der Waals surface area contributed by atoms with Crippen LogP contribution in [0.5, 0.6) is 0 Å². The molecule has 136 valence electrons. The van der Waals surface area contributed by atoms with Gasteiger partial charge in [0.2, 0.25) is 5.91 Å². The van der Waals surface area contributed by atoms with Crippen LogP contribution < -0.4 is 10.6 Å². The van der Waals surface area contributed by atoms with Crippen LogP contribution in [0.4, 0.5) is 10.1 Å². The second-order valence-corrected chi connectivity index (χ2v) is 6.81. The van der Waals surface area contributed by atoms with Crippen LogP contribution in [0.15, 0.2) is 48.5 Å². The number of nitrogens with one attached hydrogen (secondary N) is 2. The summed E-state index contributed by atoms with van der Waals surface area (Å²) in [6.07, 6.45) is 4.40. The fourth-order valence-electron chi connectivity index (χ4n) is 3.60. The van der Waals surface area contributed by atoms with Gasteiger partial charge in [-0.05, 0) is 54.7 Å².